The summed E-state index contributed by atoms with van der Waals surface area (Å²) in [4.78, 5) is 8.63. The van der Waals surface area contributed by atoms with Gasteiger partial charge in [-0.1, -0.05) is 18.5 Å². The Labute approximate surface area is 124 Å². The molecule has 0 radical (unpaired) electrons. The van der Waals surface area contributed by atoms with E-state index >= 15 is 0 Å². The Hall–Kier alpha value is -1.33. The molecule has 19 heavy (non-hydrogen) atoms. The number of rotatable bonds is 3. The Morgan fingerprint density at radius 1 is 1.37 bits per heavy atom. The number of halogens is 2. The molecule has 0 spiro atoms. The number of ether oxygens (including phenoxy) is 1. The van der Waals surface area contributed by atoms with Gasteiger partial charge < -0.3 is 9.84 Å². The van der Waals surface area contributed by atoms with Crippen molar-refractivity contribution in [3.63, 3.8) is 0 Å². The van der Waals surface area contributed by atoms with E-state index in [2.05, 4.69) is 25.9 Å². The number of benzene rings is 1. The number of methoxy groups -OCH3 is 1. The van der Waals surface area contributed by atoms with E-state index in [1.54, 1.807) is 18.2 Å². The molecule has 0 unspecified atom stereocenters. The third-order valence-electron chi connectivity index (χ3n) is 2.65. The van der Waals surface area contributed by atoms with Crippen LogP contribution in [0.15, 0.2) is 22.7 Å². The van der Waals surface area contributed by atoms with Crippen molar-refractivity contribution in [2.24, 2.45) is 0 Å². The zero-order valence-electron chi connectivity index (χ0n) is 10.4. The molecule has 0 saturated carbocycles. The first-order chi connectivity index (χ1) is 9.06. The average molecular weight is 344 g/mol. The largest absolute Gasteiger partial charge is 0.504 e. The predicted octanol–water partition coefficient (Wildman–Crippen LogP) is 3.84. The highest BCUT2D eigenvalue weighted by Crippen LogP contribution is 2.32. The molecule has 2 rings (SSSR count). The number of aryl methyl sites for hydroxylation is 1. The lowest BCUT2D eigenvalue weighted by atomic mass is 10.2. The molecule has 0 aliphatic carbocycles. The van der Waals surface area contributed by atoms with Gasteiger partial charge in [0.25, 0.3) is 0 Å². The first-order valence-electron chi connectivity index (χ1n) is 5.66. The first kappa shape index (κ1) is 14.1. The van der Waals surface area contributed by atoms with E-state index in [-0.39, 0.29) is 5.75 Å². The van der Waals surface area contributed by atoms with E-state index in [9.17, 15) is 5.11 Å². The lowest BCUT2D eigenvalue weighted by Gasteiger charge is -2.08. The predicted molar refractivity (Wildman–Crippen MR) is 77.8 cm³/mol. The Bertz CT molecular complexity index is 620. The van der Waals surface area contributed by atoms with Gasteiger partial charge in [-0.25, -0.2) is 9.97 Å². The van der Waals surface area contributed by atoms with Gasteiger partial charge in [-0.05, 0) is 40.5 Å². The summed E-state index contributed by atoms with van der Waals surface area (Å²) in [6.45, 7) is 1.98. The lowest BCUT2D eigenvalue weighted by Crippen LogP contribution is -1.97. The first-order valence-corrected chi connectivity index (χ1v) is 6.83. The zero-order valence-corrected chi connectivity index (χ0v) is 12.8. The molecular weight excluding hydrogens is 332 g/mol. The Morgan fingerprint density at radius 3 is 2.68 bits per heavy atom. The highest BCUT2D eigenvalue weighted by molar-refractivity contribution is 9.10. The van der Waals surface area contributed by atoms with Crippen LogP contribution in [0.25, 0.3) is 11.4 Å². The smallest absolute Gasteiger partial charge is 0.161 e. The Balaban J connectivity index is 2.53. The number of nitrogens with zero attached hydrogens (tertiary/aromatic N) is 2. The maximum Gasteiger partial charge on any atom is 0.161 e. The van der Waals surface area contributed by atoms with Crippen LogP contribution < -0.4 is 4.74 Å². The molecule has 1 aromatic heterocycles. The summed E-state index contributed by atoms with van der Waals surface area (Å²) >= 11 is 9.42. The third-order valence-corrected chi connectivity index (χ3v) is 3.99. The molecule has 6 heteroatoms. The van der Waals surface area contributed by atoms with Crippen molar-refractivity contribution in [3.05, 3.63) is 33.5 Å². The fraction of sp³-hybridized carbons (Fsp3) is 0.231. The van der Waals surface area contributed by atoms with Crippen LogP contribution in [0.2, 0.25) is 5.15 Å². The van der Waals surface area contributed by atoms with Gasteiger partial charge in [0.05, 0.1) is 17.3 Å². The number of phenols is 1. The maximum atomic E-state index is 9.78. The van der Waals surface area contributed by atoms with Crippen LogP contribution in [0.5, 0.6) is 11.5 Å². The normalized spacial score (nSPS) is 10.5. The van der Waals surface area contributed by atoms with E-state index in [4.69, 9.17) is 16.3 Å². The summed E-state index contributed by atoms with van der Waals surface area (Å²) < 4.78 is 5.71. The summed E-state index contributed by atoms with van der Waals surface area (Å²) in [6, 6.07) is 4.99. The summed E-state index contributed by atoms with van der Waals surface area (Å²) in [5.41, 5.74) is 1.51. The van der Waals surface area contributed by atoms with Crippen LogP contribution in [0.4, 0.5) is 0 Å². The molecule has 0 bridgehead atoms. The molecule has 0 aliphatic rings. The van der Waals surface area contributed by atoms with Gasteiger partial charge in [0.1, 0.15) is 5.15 Å². The number of aromatic hydroxyl groups is 1. The van der Waals surface area contributed by atoms with E-state index < -0.39 is 0 Å². The topological polar surface area (TPSA) is 55.2 Å². The van der Waals surface area contributed by atoms with E-state index in [1.807, 2.05) is 6.92 Å². The van der Waals surface area contributed by atoms with Crippen molar-refractivity contribution in [2.45, 2.75) is 13.3 Å². The second-order valence-corrected chi connectivity index (χ2v) is 4.99. The zero-order chi connectivity index (χ0) is 14.0. The molecule has 0 fully saturated rings. The second kappa shape index (κ2) is 5.75. The van der Waals surface area contributed by atoms with Crippen molar-refractivity contribution in [1.82, 2.24) is 9.97 Å². The van der Waals surface area contributed by atoms with Crippen LogP contribution in [-0.2, 0) is 6.42 Å². The molecule has 100 valence electrons. The van der Waals surface area contributed by atoms with Crippen molar-refractivity contribution in [1.29, 1.82) is 0 Å². The molecule has 0 amide bonds. The second-order valence-electron chi connectivity index (χ2n) is 3.84. The SMILES string of the molecule is CCc1nc(-c2ccc(OC)c(O)c2)nc(Cl)c1Br. The summed E-state index contributed by atoms with van der Waals surface area (Å²) in [7, 11) is 1.50. The minimum atomic E-state index is 0.0423. The van der Waals surface area contributed by atoms with Crippen molar-refractivity contribution in [2.75, 3.05) is 7.11 Å². The lowest BCUT2D eigenvalue weighted by molar-refractivity contribution is 0.373. The summed E-state index contributed by atoms with van der Waals surface area (Å²) in [6.07, 6.45) is 0.734. The molecule has 4 nitrogen and oxygen atoms in total. The number of hydrogen-bond acceptors (Lipinski definition) is 4. The fourth-order valence-corrected chi connectivity index (χ4v) is 2.30. The van der Waals surface area contributed by atoms with Crippen LogP contribution >= 0.6 is 27.5 Å². The highest BCUT2D eigenvalue weighted by Gasteiger charge is 2.12. The van der Waals surface area contributed by atoms with E-state index in [0.29, 0.717) is 26.8 Å². The monoisotopic (exact) mass is 342 g/mol. The van der Waals surface area contributed by atoms with Crippen LogP contribution in [0.3, 0.4) is 0 Å². The molecule has 2 aromatic rings. The fourth-order valence-electron chi connectivity index (χ4n) is 1.66. The molecule has 0 saturated heterocycles. The van der Waals surface area contributed by atoms with Crippen molar-refractivity contribution in [3.8, 4) is 22.9 Å². The third kappa shape index (κ3) is 2.82. The van der Waals surface area contributed by atoms with Crippen LogP contribution in [0.1, 0.15) is 12.6 Å². The van der Waals surface area contributed by atoms with E-state index in [0.717, 1.165) is 12.1 Å². The minimum absolute atomic E-state index is 0.0423. The molecular formula is C13H12BrClN2O2. The van der Waals surface area contributed by atoms with Gasteiger partial charge in [0.15, 0.2) is 17.3 Å². The van der Waals surface area contributed by atoms with Crippen LogP contribution in [0, 0.1) is 0 Å². The molecule has 1 heterocycles. The van der Waals surface area contributed by atoms with Crippen LogP contribution in [-0.4, -0.2) is 22.2 Å². The number of phenolic OH excluding ortho intramolecular Hbond substituents is 1. The van der Waals surface area contributed by atoms with Gasteiger partial charge in [0, 0.05) is 5.56 Å². The number of hydrogen-bond donors (Lipinski definition) is 1. The van der Waals surface area contributed by atoms with Gasteiger partial charge in [-0.15, -0.1) is 0 Å². The maximum absolute atomic E-state index is 9.78. The Morgan fingerprint density at radius 2 is 2.11 bits per heavy atom. The molecule has 0 atom stereocenters. The molecule has 0 aliphatic heterocycles. The van der Waals surface area contributed by atoms with Crippen molar-refractivity contribution >= 4 is 27.5 Å². The summed E-state index contributed by atoms with van der Waals surface area (Å²) in [5.74, 6) is 0.923. The van der Waals surface area contributed by atoms with Gasteiger partial charge in [0.2, 0.25) is 0 Å². The molecule has 1 N–H and O–H groups in total. The Kier molecular flexibility index (Phi) is 4.27. The molecule has 1 aromatic carbocycles. The van der Waals surface area contributed by atoms with Gasteiger partial charge in [-0.2, -0.15) is 0 Å². The summed E-state index contributed by atoms with van der Waals surface area (Å²) in [5, 5.41) is 10.1. The highest BCUT2D eigenvalue weighted by atomic mass is 79.9. The number of aromatic nitrogens is 2. The standard InChI is InChI=1S/C13H12BrClN2O2/c1-3-8-11(14)12(15)17-13(16-8)7-4-5-10(19-2)9(18)6-7/h4-6,18H,3H2,1-2H3. The van der Waals surface area contributed by atoms with Crippen molar-refractivity contribution < 1.29 is 9.84 Å². The quantitative estimate of drug-likeness (QED) is 0.860. The average Bonchev–Trinajstić information content (AvgIpc) is 2.41. The minimum Gasteiger partial charge on any atom is -0.504 e. The van der Waals surface area contributed by atoms with Gasteiger partial charge >= 0.3 is 0 Å². The van der Waals surface area contributed by atoms with Gasteiger partial charge in [-0.3, -0.25) is 0 Å². The van der Waals surface area contributed by atoms with E-state index in [1.165, 1.54) is 7.11 Å².